The zero-order valence-corrected chi connectivity index (χ0v) is 5.60. The van der Waals surface area contributed by atoms with Crippen molar-refractivity contribution < 1.29 is 4.74 Å². The fraction of sp³-hybridized carbons (Fsp3) is 1.00. The zero-order valence-electron chi connectivity index (χ0n) is 5.60. The summed E-state index contributed by atoms with van der Waals surface area (Å²) >= 11 is 0. The number of ether oxygens (including phenoxy) is 1. The molecular formula is C7H13NO. The second-order valence-electron chi connectivity index (χ2n) is 2.90. The van der Waals surface area contributed by atoms with Gasteiger partial charge in [-0.3, -0.25) is 0 Å². The molecule has 2 atom stereocenters. The number of nitrogens with one attached hydrogen (secondary N) is 1. The molecule has 1 N–H and O–H groups in total. The molecule has 0 spiro atoms. The Bertz CT molecular complexity index is 93.1. The van der Waals surface area contributed by atoms with Gasteiger partial charge in [-0.05, 0) is 25.8 Å². The average Bonchev–Trinajstić information content (AvgIpc) is 1.94. The summed E-state index contributed by atoms with van der Waals surface area (Å²) in [7, 11) is 0. The first-order valence-corrected chi connectivity index (χ1v) is 3.82. The van der Waals surface area contributed by atoms with E-state index >= 15 is 0 Å². The van der Waals surface area contributed by atoms with Gasteiger partial charge in [0, 0.05) is 12.6 Å². The molecule has 1 saturated carbocycles. The summed E-state index contributed by atoms with van der Waals surface area (Å²) < 4.78 is 5.54. The Morgan fingerprint density at radius 3 is 3.11 bits per heavy atom. The van der Waals surface area contributed by atoms with Crippen molar-refractivity contribution >= 4 is 0 Å². The Hall–Kier alpha value is -0.0800. The van der Waals surface area contributed by atoms with Crippen LogP contribution in [-0.4, -0.2) is 25.3 Å². The van der Waals surface area contributed by atoms with Crippen LogP contribution in [0.4, 0.5) is 0 Å². The Labute approximate surface area is 55.6 Å². The van der Waals surface area contributed by atoms with Gasteiger partial charge in [0.25, 0.3) is 0 Å². The molecule has 0 aromatic heterocycles. The van der Waals surface area contributed by atoms with E-state index in [1.54, 1.807) is 0 Å². The molecular weight excluding hydrogens is 114 g/mol. The van der Waals surface area contributed by atoms with E-state index in [9.17, 15) is 0 Å². The molecule has 2 unspecified atom stereocenters. The molecule has 2 nitrogen and oxygen atoms in total. The molecule has 1 aliphatic heterocycles. The predicted octanol–water partition coefficient (Wildman–Crippen LogP) is 0.527. The molecule has 2 aliphatic rings. The minimum absolute atomic E-state index is 0.562. The summed E-state index contributed by atoms with van der Waals surface area (Å²) in [5.41, 5.74) is 0. The topological polar surface area (TPSA) is 21.3 Å². The van der Waals surface area contributed by atoms with E-state index in [0.717, 1.165) is 13.2 Å². The van der Waals surface area contributed by atoms with Crippen LogP contribution < -0.4 is 5.32 Å². The van der Waals surface area contributed by atoms with E-state index in [0.29, 0.717) is 12.1 Å². The van der Waals surface area contributed by atoms with Crippen LogP contribution in [0.25, 0.3) is 0 Å². The molecule has 0 aromatic carbocycles. The second-order valence-corrected chi connectivity index (χ2v) is 2.90. The zero-order chi connectivity index (χ0) is 6.10. The summed E-state index contributed by atoms with van der Waals surface area (Å²) in [5, 5.41) is 3.46. The molecule has 9 heavy (non-hydrogen) atoms. The molecule has 1 heterocycles. The van der Waals surface area contributed by atoms with Gasteiger partial charge in [0.05, 0.1) is 6.10 Å². The molecule has 1 aliphatic carbocycles. The maximum Gasteiger partial charge on any atom is 0.0728 e. The highest BCUT2D eigenvalue weighted by atomic mass is 16.5. The maximum absolute atomic E-state index is 5.54. The van der Waals surface area contributed by atoms with Gasteiger partial charge in [-0.1, -0.05) is 0 Å². The molecule has 0 radical (unpaired) electrons. The first-order chi connectivity index (χ1) is 4.47. The van der Waals surface area contributed by atoms with E-state index in [-0.39, 0.29) is 0 Å². The Morgan fingerprint density at radius 2 is 2.33 bits per heavy atom. The quantitative estimate of drug-likeness (QED) is 0.512. The first-order valence-electron chi connectivity index (χ1n) is 3.82. The largest absolute Gasteiger partial charge is 0.377 e. The van der Waals surface area contributed by atoms with Crippen molar-refractivity contribution in [1.29, 1.82) is 0 Å². The summed E-state index contributed by atoms with van der Waals surface area (Å²) in [5.74, 6) is 0. The van der Waals surface area contributed by atoms with Crippen LogP contribution in [0.1, 0.15) is 19.3 Å². The van der Waals surface area contributed by atoms with E-state index in [4.69, 9.17) is 4.74 Å². The molecule has 52 valence electrons. The highest BCUT2D eigenvalue weighted by Crippen LogP contribution is 2.24. The molecule has 1 saturated heterocycles. The Morgan fingerprint density at radius 1 is 1.33 bits per heavy atom. The molecule has 0 amide bonds. The summed E-state index contributed by atoms with van der Waals surface area (Å²) in [6, 6.07) is 0.701. The first kappa shape index (κ1) is 5.69. The SMILES string of the molecule is C1CNC2CCC2OC1. The molecule has 2 fully saturated rings. The Kier molecular flexibility index (Phi) is 1.44. The van der Waals surface area contributed by atoms with Crippen molar-refractivity contribution in [2.75, 3.05) is 13.2 Å². The summed E-state index contributed by atoms with van der Waals surface area (Å²) in [4.78, 5) is 0. The standard InChI is InChI=1S/C7H13NO/c1-4-8-6-2-3-7(6)9-5-1/h6-8H,1-5H2. The van der Waals surface area contributed by atoms with Crippen LogP contribution in [0, 0.1) is 0 Å². The maximum atomic E-state index is 5.54. The van der Waals surface area contributed by atoms with Crippen molar-refractivity contribution in [1.82, 2.24) is 5.32 Å². The lowest BCUT2D eigenvalue weighted by atomic mass is 9.89. The molecule has 2 rings (SSSR count). The minimum atomic E-state index is 0.562. The summed E-state index contributed by atoms with van der Waals surface area (Å²) in [6.07, 6.45) is 4.35. The monoisotopic (exact) mass is 127 g/mol. The third-order valence-electron chi connectivity index (χ3n) is 2.27. The van der Waals surface area contributed by atoms with Crippen LogP contribution in [0.5, 0.6) is 0 Å². The van der Waals surface area contributed by atoms with Crippen LogP contribution in [0.15, 0.2) is 0 Å². The van der Waals surface area contributed by atoms with Gasteiger partial charge in [0.2, 0.25) is 0 Å². The van der Waals surface area contributed by atoms with Crippen molar-refractivity contribution in [3.63, 3.8) is 0 Å². The van der Waals surface area contributed by atoms with E-state index in [2.05, 4.69) is 5.32 Å². The lowest BCUT2D eigenvalue weighted by Gasteiger charge is -2.34. The smallest absolute Gasteiger partial charge is 0.0728 e. The lowest BCUT2D eigenvalue weighted by Crippen LogP contribution is -2.47. The van der Waals surface area contributed by atoms with Gasteiger partial charge >= 0.3 is 0 Å². The van der Waals surface area contributed by atoms with Crippen molar-refractivity contribution in [2.45, 2.75) is 31.4 Å². The van der Waals surface area contributed by atoms with Crippen LogP contribution in [0.3, 0.4) is 0 Å². The molecule has 0 aromatic rings. The van der Waals surface area contributed by atoms with Gasteiger partial charge in [-0.25, -0.2) is 0 Å². The third-order valence-corrected chi connectivity index (χ3v) is 2.27. The van der Waals surface area contributed by atoms with Gasteiger partial charge in [0.1, 0.15) is 0 Å². The number of hydrogen-bond acceptors (Lipinski definition) is 2. The van der Waals surface area contributed by atoms with Crippen LogP contribution in [0.2, 0.25) is 0 Å². The highest BCUT2D eigenvalue weighted by molar-refractivity contribution is 4.89. The normalized spacial score (nSPS) is 42.7. The average molecular weight is 127 g/mol. The third kappa shape index (κ3) is 0.970. The highest BCUT2D eigenvalue weighted by Gasteiger charge is 2.32. The van der Waals surface area contributed by atoms with E-state index in [1.165, 1.54) is 19.3 Å². The van der Waals surface area contributed by atoms with Crippen LogP contribution >= 0.6 is 0 Å². The van der Waals surface area contributed by atoms with Crippen molar-refractivity contribution in [3.05, 3.63) is 0 Å². The van der Waals surface area contributed by atoms with E-state index < -0.39 is 0 Å². The number of fused-ring (bicyclic) bond motifs is 1. The van der Waals surface area contributed by atoms with Gasteiger partial charge in [-0.15, -0.1) is 0 Å². The van der Waals surface area contributed by atoms with Gasteiger partial charge < -0.3 is 10.1 Å². The van der Waals surface area contributed by atoms with Gasteiger partial charge in [-0.2, -0.15) is 0 Å². The van der Waals surface area contributed by atoms with Crippen molar-refractivity contribution in [2.24, 2.45) is 0 Å². The van der Waals surface area contributed by atoms with E-state index in [1.807, 2.05) is 0 Å². The van der Waals surface area contributed by atoms with Gasteiger partial charge in [0.15, 0.2) is 0 Å². The minimum Gasteiger partial charge on any atom is -0.377 e. The lowest BCUT2D eigenvalue weighted by molar-refractivity contribution is -0.00917. The predicted molar refractivity (Wildman–Crippen MR) is 35.4 cm³/mol. The molecule has 0 bridgehead atoms. The number of rotatable bonds is 0. The fourth-order valence-electron chi connectivity index (χ4n) is 1.50. The fourth-order valence-corrected chi connectivity index (χ4v) is 1.50. The molecule has 2 heteroatoms. The number of hydrogen-bond donors (Lipinski definition) is 1. The summed E-state index contributed by atoms with van der Waals surface area (Å²) in [6.45, 7) is 2.12. The Balaban J connectivity index is 1.90. The van der Waals surface area contributed by atoms with Crippen LogP contribution in [-0.2, 0) is 4.74 Å². The van der Waals surface area contributed by atoms with Crippen molar-refractivity contribution in [3.8, 4) is 0 Å². The second kappa shape index (κ2) is 2.27.